The molecule has 0 aliphatic carbocycles. The molecule has 0 fully saturated rings. The Morgan fingerprint density at radius 2 is 1.85 bits per heavy atom. The van der Waals surface area contributed by atoms with Crippen LogP contribution < -0.4 is 10.6 Å². The molecule has 2 unspecified atom stereocenters. The maximum absolute atomic E-state index is 13.6. The van der Waals surface area contributed by atoms with E-state index in [-0.39, 0.29) is 17.2 Å². The van der Waals surface area contributed by atoms with E-state index in [9.17, 15) is 24.8 Å². The predicted molar refractivity (Wildman–Crippen MR) is 124 cm³/mol. The van der Waals surface area contributed by atoms with Crippen molar-refractivity contribution in [3.63, 3.8) is 0 Å². The quantitative estimate of drug-likeness (QED) is 0.363. The number of carbonyl (C=O) groups excluding carboxylic acids is 3. The summed E-state index contributed by atoms with van der Waals surface area (Å²) in [7, 11) is 0. The molecule has 0 aliphatic heterocycles. The van der Waals surface area contributed by atoms with Crippen LogP contribution >= 0.6 is 0 Å². The van der Waals surface area contributed by atoms with Crippen LogP contribution in [0.4, 0.5) is 4.79 Å². The van der Waals surface area contributed by atoms with Crippen molar-refractivity contribution in [3.05, 3.63) is 29.8 Å². The first-order valence-electron chi connectivity index (χ1n) is 11.2. The molecule has 2 atom stereocenters. The zero-order valence-electron chi connectivity index (χ0n) is 20.3. The predicted octanol–water partition coefficient (Wildman–Crippen LogP) is 3.25. The van der Waals surface area contributed by atoms with E-state index in [1.807, 2.05) is 13.0 Å². The first-order chi connectivity index (χ1) is 15.4. The number of alkyl carbamates (subject to hydrolysis) is 1. The topological polar surface area (TPSA) is 132 Å². The first kappa shape index (κ1) is 27.8. The zero-order valence-corrected chi connectivity index (χ0v) is 20.3. The highest BCUT2D eigenvalue weighted by Crippen LogP contribution is 2.30. The van der Waals surface area contributed by atoms with E-state index >= 15 is 0 Å². The molecule has 9 heteroatoms. The van der Waals surface area contributed by atoms with Crippen LogP contribution in [-0.2, 0) is 14.3 Å². The van der Waals surface area contributed by atoms with Crippen molar-refractivity contribution in [2.24, 2.45) is 5.92 Å². The van der Waals surface area contributed by atoms with E-state index in [1.54, 1.807) is 46.8 Å². The van der Waals surface area contributed by atoms with Crippen LogP contribution in [0.1, 0.15) is 66.0 Å². The number of hydrogen-bond donors (Lipinski definition) is 3. The molecule has 0 bridgehead atoms. The number of aromatic hydroxyl groups is 1. The van der Waals surface area contributed by atoms with Gasteiger partial charge in [-0.25, -0.2) is 4.79 Å². The van der Waals surface area contributed by atoms with Crippen LogP contribution in [0.2, 0.25) is 0 Å². The van der Waals surface area contributed by atoms with Gasteiger partial charge in [-0.3, -0.25) is 9.59 Å². The van der Waals surface area contributed by atoms with E-state index in [2.05, 4.69) is 10.6 Å². The molecule has 0 saturated heterocycles. The Labute approximate surface area is 196 Å². The number of carbonyl (C=O) groups is 3. The number of phenolic OH excluding ortho intramolecular Hbond substituents is 1. The maximum Gasteiger partial charge on any atom is 0.408 e. The SMILES string of the molecule is CCCCNC(=O)C(c1ccccc1O)N(CC#N)C(=O)C(NC(=O)OC(C)(C)C)C(C)C. The largest absolute Gasteiger partial charge is 0.508 e. The van der Waals surface area contributed by atoms with Gasteiger partial charge in [-0.1, -0.05) is 45.4 Å². The summed E-state index contributed by atoms with van der Waals surface area (Å²) >= 11 is 0. The highest BCUT2D eigenvalue weighted by atomic mass is 16.6. The van der Waals surface area contributed by atoms with Crippen molar-refractivity contribution in [2.45, 2.75) is 72.1 Å². The third-order valence-electron chi connectivity index (χ3n) is 4.75. The van der Waals surface area contributed by atoms with Crippen molar-refractivity contribution >= 4 is 17.9 Å². The van der Waals surface area contributed by atoms with Gasteiger partial charge in [0.25, 0.3) is 0 Å². The standard InChI is InChI=1S/C24H36N4O5/c1-7-8-14-26-21(30)20(17-11-9-10-12-18(17)29)28(15-13-25)22(31)19(16(2)3)27-23(32)33-24(4,5)6/h9-12,16,19-20,29H,7-8,14-15H2,1-6H3,(H,26,30)(H,27,32). The fourth-order valence-corrected chi connectivity index (χ4v) is 3.15. The molecule has 0 saturated carbocycles. The lowest BCUT2D eigenvalue weighted by Crippen LogP contribution is -2.55. The molecular weight excluding hydrogens is 424 g/mol. The Balaban J connectivity index is 3.38. The van der Waals surface area contributed by atoms with Crippen LogP contribution in [0.25, 0.3) is 0 Å². The first-order valence-corrected chi connectivity index (χ1v) is 11.2. The van der Waals surface area contributed by atoms with Gasteiger partial charge in [0.2, 0.25) is 11.8 Å². The van der Waals surface area contributed by atoms with Gasteiger partial charge < -0.3 is 25.4 Å². The molecule has 1 aromatic carbocycles. The minimum atomic E-state index is -1.25. The number of benzene rings is 1. The van der Waals surface area contributed by atoms with Crippen molar-refractivity contribution in [2.75, 3.05) is 13.1 Å². The van der Waals surface area contributed by atoms with E-state index < -0.39 is 42.1 Å². The lowest BCUT2D eigenvalue weighted by atomic mass is 9.98. The molecule has 0 radical (unpaired) electrons. The number of nitrogens with zero attached hydrogens (tertiary/aromatic N) is 2. The number of para-hydroxylation sites is 1. The average molecular weight is 461 g/mol. The molecule has 3 amide bonds. The molecule has 0 aromatic heterocycles. The van der Waals surface area contributed by atoms with Crippen molar-refractivity contribution in [3.8, 4) is 11.8 Å². The van der Waals surface area contributed by atoms with Gasteiger partial charge in [0, 0.05) is 12.1 Å². The number of amides is 3. The summed E-state index contributed by atoms with van der Waals surface area (Å²) in [4.78, 5) is 40.2. The number of ether oxygens (including phenoxy) is 1. The lowest BCUT2D eigenvalue weighted by Gasteiger charge is -2.34. The number of nitrogens with one attached hydrogen (secondary N) is 2. The van der Waals surface area contributed by atoms with Crippen LogP contribution in [-0.4, -0.2) is 52.6 Å². The highest BCUT2D eigenvalue weighted by molar-refractivity contribution is 5.92. The van der Waals surface area contributed by atoms with Gasteiger partial charge in [-0.05, 0) is 39.2 Å². The molecular formula is C24H36N4O5. The van der Waals surface area contributed by atoms with Crippen LogP contribution in [0.15, 0.2) is 24.3 Å². The molecule has 182 valence electrons. The monoisotopic (exact) mass is 460 g/mol. The van der Waals surface area contributed by atoms with Crippen LogP contribution in [0.3, 0.4) is 0 Å². The Morgan fingerprint density at radius 1 is 1.21 bits per heavy atom. The van der Waals surface area contributed by atoms with Gasteiger partial charge in [-0.2, -0.15) is 5.26 Å². The zero-order chi connectivity index (χ0) is 25.2. The smallest absolute Gasteiger partial charge is 0.408 e. The fraction of sp³-hybridized carbons (Fsp3) is 0.583. The van der Waals surface area contributed by atoms with Gasteiger partial charge in [0.1, 0.15) is 30.0 Å². The molecule has 1 rings (SSSR count). The molecule has 1 aromatic rings. The highest BCUT2D eigenvalue weighted by Gasteiger charge is 2.38. The number of unbranched alkanes of at least 4 members (excludes halogenated alkanes) is 1. The van der Waals surface area contributed by atoms with Crippen LogP contribution in [0.5, 0.6) is 5.75 Å². The van der Waals surface area contributed by atoms with Gasteiger partial charge >= 0.3 is 6.09 Å². The van der Waals surface area contributed by atoms with Crippen molar-refractivity contribution in [1.82, 2.24) is 15.5 Å². The maximum atomic E-state index is 13.6. The lowest BCUT2D eigenvalue weighted by molar-refractivity contribution is -0.142. The number of hydrogen-bond acceptors (Lipinski definition) is 6. The molecule has 0 aliphatic rings. The minimum absolute atomic E-state index is 0.176. The summed E-state index contributed by atoms with van der Waals surface area (Å²) in [6.45, 7) is 10.5. The number of rotatable bonds is 10. The molecule has 0 heterocycles. The van der Waals surface area contributed by atoms with Gasteiger partial charge in [0.15, 0.2) is 0 Å². The second-order valence-electron chi connectivity index (χ2n) is 9.10. The van der Waals surface area contributed by atoms with E-state index in [0.717, 1.165) is 17.7 Å². The third-order valence-corrected chi connectivity index (χ3v) is 4.75. The van der Waals surface area contributed by atoms with E-state index in [1.165, 1.54) is 12.1 Å². The second-order valence-corrected chi connectivity index (χ2v) is 9.10. The van der Waals surface area contributed by atoms with Gasteiger partial charge in [0.05, 0.1) is 6.07 Å². The average Bonchev–Trinajstić information content (AvgIpc) is 2.71. The minimum Gasteiger partial charge on any atom is -0.508 e. The fourth-order valence-electron chi connectivity index (χ4n) is 3.15. The number of phenols is 1. The summed E-state index contributed by atoms with van der Waals surface area (Å²) < 4.78 is 5.28. The summed E-state index contributed by atoms with van der Waals surface area (Å²) in [5.74, 6) is -1.69. The van der Waals surface area contributed by atoms with E-state index in [4.69, 9.17) is 4.74 Å². The normalized spacial score (nSPS) is 12.9. The van der Waals surface area contributed by atoms with Gasteiger partial charge in [-0.15, -0.1) is 0 Å². The molecule has 3 N–H and O–H groups in total. The summed E-state index contributed by atoms with van der Waals surface area (Å²) in [5, 5.41) is 25.2. The Hall–Kier alpha value is -3.28. The number of nitriles is 1. The molecule has 33 heavy (non-hydrogen) atoms. The Morgan fingerprint density at radius 3 is 2.36 bits per heavy atom. The van der Waals surface area contributed by atoms with E-state index in [0.29, 0.717) is 6.54 Å². The van der Waals surface area contributed by atoms with Crippen LogP contribution in [0, 0.1) is 17.2 Å². The summed E-state index contributed by atoms with van der Waals surface area (Å²) in [6.07, 6.45) is 0.815. The molecule has 0 spiro atoms. The summed E-state index contributed by atoms with van der Waals surface area (Å²) in [5.41, 5.74) is -0.576. The van der Waals surface area contributed by atoms with Crippen molar-refractivity contribution < 1.29 is 24.2 Å². The molecule has 9 nitrogen and oxygen atoms in total. The summed E-state index contributed by atoms with van der Waals surface area (Å²) in [6, 6.07) is 5.80. The Bertz CT molecular complexity index is 857. The second kappa shape index (κ2) is 12.7. The van der Waals surface area contributed by atoms with Crippen molar-refractivity contribution in [1.29, 1.82) is 5.26 Å². The Kier molecular flexibility index (Phi) is 10.7. The third kappa shape index (κ3) is 8.64.